The highest BCUT2D eigenvalue weighted by Crippen LogP contribution is 2.62. The van der Waals surface area contributed by atoms with Crippen molar-refractivity contribution in [2.45, 2.75) is 70.8 Å². The van der Waals surface area contributed by atoms with E-state index in [1.165, 1.54) is 24.8 Å². The van der Waals surface area contributed by atoms with E-state index in [9.17, 15) is 9.59 Å². The summed E-state index contributed by atoms with van der Waals surface area (Å²) >= 11 is 1.96. The highest BCUT2D eigenvalue weighted by molar-refractivity contribution is 14.1. The average Bonchev–Trinajstić information content (AvgIpc) is 2.96. The number of ether oxygens (including phenoxy) is 1. The highest BCUT2D eigenvalue weighted by Gasteiger charge is 2.57. The molecule has 0 N–H and O–H groups in total. The van der Waals surface area contributed by atoms with Gasteiger partial charge in [0.2, 0.25) is 0 Å². The molecule has 4 aliphatic carbocycles. The SMILES string of the molecule is C[C@]12CC[C@H]3[C@@H](CCC4=CC(=O)CC[C@@H]43)[C@@H]1CC[C@@H]2OC(=O)CC#CI. The lowest BCUT2D eigenvalue weighted by molar-refractivity contribution is -0.157. The van der Waals surface area contributed by atoms with Crippen LogP contribution in [0.15, 0.2) is 11.6 Å². The van der Waals surface area contributed by atoms with Crippen LogP contribution >= 0.6 is 22.6 Å². The van der Waals surface area contributed by atoms with E-state index in [4.69, 9.17) is 4.74 Å². The molecule has 0 unspecified atom stereocenters. The molecule has 0 aliphatic heterocycles. The first-order valence-electron chi connectivity index (χ1n) is 10.0. The van der Waals surface area contributed by atoms with Crippen LogP contribution in [-0.2, 0) is 14.3 Å². The molecule has 4 heteroatoms. The van der Waals surface area contributed by atoms with Crippen molar-refractivity contribution in [3.05, 3.63) is 11.6 Å². The molecule has 3 nitrogen and oxygen atoms in total. The summed E-state index contributed by atoms with van der Waals surface area (Å²) in [4.78, 5) is 23.9. The van der Waals surface area contributed by atoms with Gasteiger partial charge in [0.1, 0.15) is 12.5 Å². The first-order chi connectivity index (χ1) is 12.5. The largest absolute Gasteiger partial charge is 0.461 e. The van der Waals surface area contributed by atoms with E-state index in [1.807, 2.05) is 28.7 Å². The molecule has 0 aromatic rings. The Hall–Kier alpha value is -0.830. The molecule has 6 atom stereocenters. The Bertz CT molecular complexity index is 700. The molecule has 4 rings (SSSR count). The van der Waals surface area contributed by atoms with Crippen molar-refractivity contribution >= 4 is 34.3 Å². The lowest BCUT2D eigenvalue weighted by atomic mass is 9.52. The number of ketones is 1. The number of fused-ring (bicyclic) bond motifs is 5. The minimum Gasteiger partial charge on any atom is -0.461 e. The Morgan fingerprint density at radius 3 is 2.88 bits per heavy atom. The van der Waals surface area contributed by atoms with E-state index in [2.05, 4.69) is 16.8 Å². The number of allylic oxidation sites excluding steroid dienone is 1. The third kappa shape index (κ3) is 3.15. The van der Waals surface area contributed by atoms with Crippen LogP contribution in [0.1, 0.15) is 64.7 Å². The lowest BCUT2D eigenvalue weighted by Crippen LogP contribution is -2.48. The van der Waals surface area contributed by atoms with Crippen molar-refractivity contribution in [3.63, 3.8) is 0 Å². The molecule has 3 saturated carbocycles. The van der Waals surface area contributed by atoms with Crippen LogP contribution in [-0.4, -0.2) is 17.9 Å². The molecule has 0 saturated heterocycles. The minimum absolute atomic E-state index is 0.0573. The second-order valence-electron chi connectivity index (χ2n) is 8.85. The molecule has 0 aromatic carbocycles. The molecular formula is C22H27IO3. The molecule has 140 valence electrons. The predicted octanol–water partition coefficient (Wildman–Crippen LogP) is 4.83. The lowest BCUT2D eigenvalue weighted by Gasteiger charge is -2.53. The van der Waals surface area contributed by atoms with Gasteiger partial charge in [-0.3, -0.25) is 9.59 Å². The van der Waals surface area contributed by atoms with Gasteiger partial charge < -0.3 is 4.74 Å². The molecule has 26 heavy (non-hydrogen) atoms. The van der Waals surface area contributed by atoms with Crippen molar-refractivity contribution in [2.75, 3.05) is 0 Å². The number of carbonyl (C=O) groups excluding carboxylic acids is 2. The third-order valence-corrected chi connectivity index (χ3v) is 8.17. The monoisotopic (exact) mass is 466 g/mol. The van der Waals surface area contributed by atoms with Gasteiger partial charge >= 0.3 is 5.97 Å². The summed E-state index contributed by atoms with van der Waals surface area (Å²) in [5.41, 5.74) is 1.56. The van der Waals surface area contributed by atoms with Gasteiger partial charge in [-0.2, -0.15) is 0 Å². The third-order valence-electron chi connectivity index (χ3n) is 7.79. The van der Waals surface area contributed by atoms with Crippen molar-refractivity contribution < 1.29 is 14.3 Å². The standard InChI is InChI=1S/C22H27IO3/c1-22-11-10-17-16-7-5-15(24)13-14(16)4-6-18(17)19(22)8-9-20(22)26-21(25)3-2-12-23/h13,16-20H,3-11H2,1H3/t16-,17+,18+,19-,20-,22-/m0/s1. The topological polar surface area (TPSA) is 43.4 Å². The molecule has 0 amide bonds. The van der Waals surface area contributed by atoms with Crippen LogP contribution in [0.25, 0.3) is 0 Å². The van der Waals surface area contributed by atoms with Crippen LogP contribution in [0.3, 0.4) is 0 Å². The van der Waals surface area contributed by atoms with E-state index in [1.54, 1.807) is 0 Å². The fourth-order valence-electron chi connectivity index (χ4n) is 6.63. The molecule has 0 bridgehead atoms. The van der Waals surface area contributed by atoms with Gasteiger partial charge in [0.15, 0.2) is 5.78 Å². The molecule has 0 heterocycles. The molecule has 4 aliphatic rings. The molecule has 0 spiro atoms. The molecule has 0 radical (unpaired) electrons. The van der Waals surface area contributed by atoms with Crippen LogP contribution in [0.4, 0.5) is 0 Å². The van der Waals surface area contributed by atoms with Gasteiger partial charge in [-0.15, -0.1) is 0 Å². The summed E-state index contributed by atoms with van der Waals surface area (Å²) in [5, 5.41) is 0. The van der Waals surface area contributed by atoms with E-state index >= 15 is 0 Å². The number of hydrogen-bond donors (Lipinski definition) is 0. The van der Waals surface area contributed by atoms with Crippen molar-refractivity contribution in [2.24, 2.45) is 29.1 Å². The van der Waals surface area contributed by atoms with Crippen molar-refractivity contribution in [1.29, 1.82) is 0 Å². The van der Waals surface area contributed by atoms with Crippen LogP contribution in [0.5, 0.6) is 0 Å². The Balaban J connectivity index is 1.49. The van der Waals surface area contributed by atoms with Crippen LogP contribution in [0.2, 0.25) is 0 Å². The summed E-state index contributed by atoms with van der Waals surface area (Å²) in [6, 6.07) is 0. The van der Waals surface area contributed by atoms with E-state index < -0.39 is 0 Å². The Morgan fingerprint density at radius 1 is 1.23 bits per heavy atom. The fourth-order valence-corrected chi connectivity index (χ4v) is 6.82. The zero-order valence-corrected chi connectivity index (χ0v) is 17.6. The predicted molar refractivity (Wildman–Crippen MR) is 108 cm³/mol. The average molecular weight is 466 g/mol. The number of hydrogen-bond acceptors (Lipinski definition) is 3. The number of carbonyl (C=O) groups is 2. The van der Waals surface area contributed by atoms with Gasteiger partial charge in [0.25, 0.3) is 0 Å². The van der Waals surface area contributed by atoms with Crippen molar-refractivity contribution in [3.8, 4) is 9.85 Å². The van der Waals surface area contributed by atoms with Crippen LogP contribution in [0, 0.1) is 38.9 Å². The second-order valence-corrected chi connectivity index (χ2v) is 9.39. The molecule has 3 fully saturated rings. The van der Waals surface area contributed by atoms with Gasteiger partial charge in [0.05, 0.1) is 0 Å². The highest BCUT2D eigenvalue weighted by atomic mass is 127. The Kier molecular flexibility index (Phi) is 5.20. The van der Waals surface area contributed by atoms with Crippen molar-refractivity contribution in [1.82, 2.24) is 0 Å². The summed E-state index contributed by atoms with van der Waals surface area (Å²) in [7, 11) is 0. The van der Waals surface area contributed by atoms with Gasteiger partial charge in [-0.05, 0) is 78.6 Å². The summed E-state index contributed by atoms with van der Waals surface area (Å²) in [6.07, 6.45) is 10.9. The quantitative estimate of drug-likeness (QED) is 0.333. The number of esters is 1. The summed E-state index contributed by atoms with van der Waals surface area (Å²) < 4.78 is 8.63. The maximum Gasteiger partial charge on any atom is 0.318 e. The van der Waals surface area contributed by atoms with E-state index in [0.717, 1.165) is 43.9 Å². The number of rotatable bonds is 2. The first-order valence-corrected chi connectivity index (χ1v) is 11.1. The Morgan fingerprint density at radius 2 is 2.08 bits per heavy atom. The normalized spacial score (nSPS) is 41.1. The van der Waals surface area contributed by atoms with Gasteiger partial charge in [-0.1, -0.05) is 18.4 Å². The Labute approximate surface area is 169 Å². The smallest absolute Gasteiger partial charge is 0.318 e. The number of halogens is 1. The molecule has 0 aromatic heterocycles. The summed E-state index contributed by atoms with van der Waals surface area (Å²) in [6.45, 7) is 2.36. The fraction of sp³-hybridized carbons (Fsp3) is 0.727. The van der Waals surface area contributed by atoms with E-state index in [0.29, 0.717) is 17.6 Å². The first kappa shape index (κ1) is 18.5. The van der Waals surface area contributed by atoms with Gasteiger partial charge in [-0.25, -0.2) is 0 Å². The second kappa shape index (κ2) is 7.30. The zero-order chi connectivity index (χ0) is 18.3. The molecular weight excluding hydrogens is 439 g/mol. The minimum atomic E-state index is -0.164. The van der Waals surface area contributed by atoms with Crippen LogP contribution < -0.4 is 0 Å². The van der Waals surface area contributed by atoms with Gasteiger partial charge in [0, 0.05) is 34.4 Å². The maximum atomic E-state index is 12.1. The van der Waals surface area contributed by atoms with E-state index in [-0.39, 0.29) is 23.9 Å². The summed E-state index contributed by atoms with van der Waals surface area (Å²) in [5.74, 6) is 5.75. The zero-order valence-electron chi connectivity index (χ0n) is 15.4. The maximum absolute atomic E-state index is 12.1.